The quantitative estimate of drug-likeness (QED) is 0.314. The molecule has 2 atom stereocenters. The van der Waals surface area contributed by atoms with Crippen LogP contribution in [0.25, 0.3) is 0 Å². The molecule has 0 aromatic heterocycles. The fourth-order valence-electron chi connectivity index (χ4n) is 4.26. The minimum atomic E-state index is -1.15. The summed E-state index contributed by atoms with van der Waals surface area (Å²) in [5, 5.41) is 32.3. The van der Waals surface area contributed by atoms with E-state index < -0.39 is 29.4 Å². The van der Waals surface area contributed by atoms with E-state index in [9.17, 15) is 19.8 Å². The molecule has 0 aliphatic rings. The van der Waals surface area contributed by atoms with Gasteiger partial charge in [0.05, 0.1) is 11.5 Å². The Labute approximate surface area is 193 Å². The number of carboxylic acid groups (broad SMARTS) is 2. The van der Waals surface area contributed by atoms with Gasteiger partial charge in [-0.1, -0.05) is 91.0 Å². The third kappa shape index (κ3) is 5.66. The molecule has 0 aliphatic carbocycles. The highest BCUT2D eigenvalue weighted by Gasteiger charge is 2.40. The topological polar surface area (TPSA) is 107 Å². The van der Waals surface area contributed by atoms with Crippen LogP contribution in [-0.4, -0.2) is 39.9 Å². The first-order chi connectivity index (χ1) is 16.0. The van der Waals surface area contributed by atoms with Gasteiger partial charge >= 0.3 is 11.9 Å². The average Bonchev–Trinajstić information content (AvgIpc) is 2.85. The molecule has 0 saturated carbocycles. The lowest BCUT2D eigenvalue weighted by Gasteiger charge is -2.39. The Morgan fingerprint density at radius 2 is 1.15 bits per heavy atom. The summed E-state index contributed by atoms with van der Waals surface area (Å²) in [6.45, 7) is -0.142. The van der Waals surface area contributed by atoms with Crippen LogP contribution in [0.3, 0.4) is 0 Å². The number of nitrogens with one attached hydrogen (secondary N) is 1. The fraction of sp³-hybridized carbons (Fsp3) is 0.259. The van der Waals surface area contributed by atoms with Crippen molar-refractivity contribution in [2.24, 2.45) is 5.92 Å². The van der Waals surface area contributed by atoms with Crippen molar-refractivity contribution in [3.8, 4) is 0 Å². The molecular weight excluding hydrogens is 418 g/mol. The molecule has 6 heteroatoms. The van der Waals surface area contributed by atoms with E-state index in [4.69, 9.17) is 5.11 Å². The normalized spacial score (nSPS) is 13.2. The molecule has 33 heavy (non-hydrogen) atoms. The summed E-state index contributed by atoms with van der Waals surface area (Å²) in [6.07, 6.45) is 0.385. The van der Waals surface area contributed by atoms with Gasteiger partial charge in [0.15, 0.2) is 0 Å². The van der Waals surface area contributed by atoms with Crippen LogP contribution in [0.2, 0.25) is 0 Å². The predicted octanol–water partition coefficient (Wildman–Crippen LogP) is 3.88. The number of hydrogen-bond donors (Lipinski definition) is 4. The SMILES string of the molecule is O=C(O)[C@H](CCCO)C[C@H](NC(c1ccccc1)(c1ccccc1)c1ccccc1)C(=O)O. The van der Waals surface area contributed by atoms with E-state index in [0.29, 0.717) is 6.42 Å². The van der Waals surface area contributed by atoms with E-state index in [1.807, 2.05) is 91.0 Å². The number of carboxylic acids is 2. The summed E-state index contributed by atoms with van der Waals surface area (Å²) in [4.78, 5) is 24.2. The van der Waals surface area contributed by atoms with Gasteiger partial charge in [0.2, 0.25) is 0 Å². The number of carbonyl (C=O) groups is 2. The zero-order valence-corrected chi connectivity index (χ0v) is 18.3. The van der Waals surface area contributed by atoms with E-state index in [0.717, 1.165) is 16.7 Å². The van der Waals surface area contributed by atoms with Crippen LogP contribution < -0.4 is 5.32 Å². The molecule has 0 unspecified atom stereocenters. The van der Waals surface area contributed by atoms with Gasteiger partial charge in [-0.05, 0) is 36.0 Å². The molecule has 3 rings (SSSR count). The first-order valence-electron chi connectivity index (χ1n) is 11.0. The molecule has 0 bridgehead atoms. The second-order valence-electron chi connectivity index (χ2n) is 8.02. The highest BCUT2D eigenvalue weighted by Crippen LogP contribution is 2.37. The van der Waals surface area contributed by atoms with Crippen LogP contribution in [0.4, 0.5) is 0 Å². The first-order valence-corrected chi connectivity index (χ1v) is 11.0. The standard InChI is InChI=1S/C27H29NO5/c29-18-10-11-20(25(30)31)19-24(26(32)33)28-27(21-12-4-1-5-13-21,22-14-6-2-7-15-22)23-16-8-3-9-17-23/h1-9,12-17,20,24,28-29H,10-11,18-19H2,(H,30,31)(H,32,33)/t20-,24+/m1/s1. The highest BCUT2D eigenvalue weighted by atomic mass is 16.4. The van der Waals surface area contributed by atoms with Gasteiger partial charge in [0.25, 0.3) is 0 Å². The van der Waals surface area contributed by atoms with Crippen molar-refractivity contribution in [1.82, 2.24) is 5.32 Å². The maximum absolute atomic E-state index is 12.4. The molecule has 0 spiro atoms. The molecule has 6 nitrogen and oxygen atoms in total. The van der Waals surface area contributed by atoms with Crippen LogP contribution in [0.15, 0.2) is 91.0 Å². The minimum absolute atomic E-state index is 0.112. The zero-order chi connectivity index (χ0) is 23.7. The van der Waals surface area contributed by atoms with E-state index in [-0.39, 0.29) is 19.4 Å². The molecule has 172 valence electrons. The Hall–Kier alpha value is -3.48. The molecule has 0 saturated heterocycles. The van der Waals surface area contributed by atoms with Crippen LogP contribution in [0.1, 0.15) is 36.0 Å². The van der Waals surface area contributed by atoms with Gasteiger partial charge < -0.3 is 15.3 Å². The largest absolute Gasteiger partial charge is 0.481 e. The van der Waals surface area contributed by atoms with Crippen molar-refractivity contribution >= 4 is 11.9 Å². The van der Waals surface area contributed by atoms with Gasteiger partial charge in [0, 0.05) is 6.61 Å². The van der Waals surface area contributed by atoms with Gasteiger partial charge in [-0.3, -0.25) is 14.9 Å². The van der Waals surface area contributed by atoms with Crippen molar-refractivity contribution in [3.05, 3.63) is 108 Å². The molecule has 0 heterocycles. The van der Waals surface area contributed by atoms with E-state index >= 15 is 0 Å². The summed E-state index contributed by atoms with van der Waals surface area (Å²) < 4.78 is 0. The van der Waals surface area contributed by atoms with Gasteiger partial charge in [0.1, 0.15) is 6.04 Å². The molecule has 3 aromatic rings. The molecule has 0 aliphatic heterocycles. The second kappa shape index (κ2) is 11.4. The number of hydrogen-bond acceptors (Lipinski definition) is 4. The van der Waals surface area contributed by atoms with Crippen molar-refractivity contribution < 1.29 is 24.9 Å². The molecule has 0 amide bonds. The van der Waals surface area contributed by atoms with Crippen molar-refractivity contribution in [1.29, 1.82) is 0 Å². The van der Waals surface area contributed by atoms with Crippen molar-refractivity contribution in [2.75, 3.05) is 6.61 Å². The average molecular weight is 448 g/mol. The Bertz CT molecular complexity index is 927. The fourth-order valence-corrected chi connectivity index (χ4v) is 4.26. The van der Waals surface area contributed by atoms with Crippen molar-refractivity contribution in [3.63, 3.8) is 0 Å². The number of aliphatic hydroxyl groups is 1. The summed E-state index contributed by atoms with van der Waals surface area (Å²) in [5.41, 5.74) is 1.51. The third-order valence-electron chi connectivity index (χ3n) is 5.89. The Morgan fingerprint density at radius 3 is 1.48 bits per heavy atom. The monoisotopic (exact) mass is 447 g/mol. The summed E-state index contributed by atoms with van der Waals surface area (Å²) in [7, 11) is 0. The lowest BCUT2D eigenvalue weighted by atomic mass is 9.76. The number of benzene rings is 3. The van der Waals surface area contributed by atoms with E-state index in [1.165, 1.54) is 0 Å². The molecule has 0 radical (unpaired) electrons. The second-order valence-corrected chi connectivity index (χ2v) is 8.02. The van der Waals surface area contributed by atoms with Gasteiger partial charge in [-0.15, -0.1) is 0 Å². The molecule has 4 N–H and O–H groups in total. The lowest BCUT2D eigenvalue weighted by molar-refractivity contribution is -0.144. The smallest absolute Gasteiger partial charge is 0.320 e. The van der Waals surface area contributed by atoms with Crippen LogP contribution in [0.5, 0.6) is 0 Å². The van der Waals surface area contributed by atoms with Gasteiger partial charge in [-0.25, -0.2) is 0 Å². The number of rotatable bonds is 12. The van der Waals surface area contributed by atoms with Crippen molar-refractivity contribution in [2.45, 2.75) is 30.8 Å². The molecular formula is C27H29NO5. The maximum Gasteiger partial charge on any atom is 0.320 e. The Morgan fingerprint density at radius 1 is 0.727 bits per heavy atom. The lowest BCUT2D eigenvalue weighted by Crippen LogP contribution is -2.53. The van der Waals surface area contributed by atoms with Crippen LogP contribution >= 0.6 is 0 Å². The predicted molar refractivity (Wildman–Crippen MR) is 126 cm³/mol. The first kappa shape index (κ1) is 24.2. The van der Waals surface area contributed by atoms with Crippen LogP contribution in [0, 0.1) is 5.92 Å². The summed E-state index contributed by atoms with van der Waals surface area (Å²) in [6, 6.07) is 27.5. The molecule has 0 fully saturated rings. The van der Waals surface area contributed by atoms with Gasteiger partial charge in [-0.2, -0.15) is 0 Å². The summed E-state index contributed by atoms with van der Waals surface area (Å²) >= 11 is 0. The third-order valence-corrected chi connectivity index (χ3v) is 5.89. The van der Waals surface area contributed by atoms with E-state index in [1.54, 1.807) is 0 Å². The zero-order valence-electron chi connectivity index (χ0n) is 18.3. The minimum Gasteiger partial charge on any atom is -0.481 e. The Balaban J connectivity index is 2.16. The van der Waals surface area contributed by atoms with E-state index in [2.05, 4.69) is 5.32 Å². The maximum atomic E-state index is 12.4. The highest BCUT2D eigenvalue weighted by molar-refractivity contribution is 5.76. The van der Waals surface area contributed by atoms with Crippen LogP contribution in [-0.2, 0) is 15.1 Å². The summed E-state index contributed by atoms with van der Waals surface area (Å²) in [5.74, 6) is -3.09. The number of aliphatic hydroxyl groups excluding tert-OH is 1. The number of aliphatic carboxylic acids is 2. The molecule has 3 aromatic carbocycles. The Kier molecular flexibility index (Phi) is 8.35.